The number of hydrogen-bond acceptors (Lipinski definition) is 5. The second kappa shape index (κ2) is 9.85. The van der Waals surface area contributed by atoms with Gasteiger partial charge in [-0.2, -0.15) is 0 Å². The van der Waals surface area contributed by atoms with E-state index >= 15 is 0 Å². The molecule has 0 aliphatic heterocycles. The lowest BCUT2D eigenvalue weighted by Crippen LogP contribution is -2.44. The van der Waals surface area contributed by atoms with Gasteiger partial charge in [-0.25, -0.2) is 9.78 Å². The molecule has 1 unspecified atom stereocenters. The molecular weight excluding hydrogens is 432 g/mol. The Morgan fingerprint density at radius 1 is 0.912 bits per heavy atom. The highest BCUT2D eigenvalue weighted by Crippen LogP contribution is 2.25. The number of fused-ring (bicyclic) bond motifs is 2. The first-order chi connectivity index (χ1) is 16.3. The molecule has 0 spiro atoms. The highest BCUT2D eigenvalue weighted by atomic mass is 16.5. The molecule has 0 amide bonds. The Morgan fingerprint density at radius 3 is 2.35 bits per heavy atom. The van der Waals surface area contributed by atoms with Crippen molar-refractivity contribution in [1.82, 2.24) is 18.7 Å². The van der Waals surface area contributed by atoms with Crippen LogP contribution in [-0.2, 0) is 19.6 Å². The lowest BCUT2D eigenvalue weighted by molar-refractivity contribution is 0.0908. The molecule has 34 heavy (non-hydrogen) atoms. The molecule has 4 rings (SSSR count). The number of hydrogen-bond donors (Lipinski definition) is 1. The summed E-state index contributed by atoms with van der Waals surface area (Å²) in [6, 6.07) is 13.6. The van der Waals surface area contributed by atoms with Crippen molar-refractivity contribution in [1.29, 1.82) is 0 Å². The van der Waals surface area contributed by atoms with Crippen LogP contribution in [0.25, 0.3) is 21.9 Å². The monoisotopic (exact) mass is 464 g/mol. The van der Waals surface area contributed by atoms with Crippen molar-refractivity contribution in [3.8, 4) is 5.75 Å². The first kappa shape index (κ1) is 23.8. The van der Waals surface area contributed by atoms with Gasteiger partial charge in [0.15, 0.2) is 11.2 Å². The average Bonchev–Trinajstić information content (AvgIpc) is 3.20. The normalized spacial score (nSPS) is 12.8. The van der Waals surface area contributed by atoms with Crippen LogP contribution in [0.15, 0.2) is 58.4 Å². The predicted octanol–water partition coefficient (Wildman–Crippen LogP) is 3.26. The van der Waals surface area contributed by atoms with Crippen LogP contribution in [0.3, 0.4) is 0 Å². The second-order valence-corrected chi connectivity index (χ2v) is 9.61. The van der Waals surface area contributed by atoms with Crippen LogP contribution < -0.4 is 16.0 Å². The van der Waals surface area contributed by atoms with Crippen LogP contribution in [0.5, 0.6) is 5.75 Å². The molecule has 0 saturated carbocycles. The molecule has 2 heterocycles. The third-order valence-corrected chi connectivity index (χ3v) is 5.67. The first-order valence-corrected chi connectivity index (χ1v) is 11.7. The average molecular weight is 465 g/mol. The predicted molar refractivity (Wildman–Crippen MR) is 133 cm³/mol. The van der Waals surface area contributed by atoms with Crippen molar-refractivity contribution in [2.24, 2.45) is 11.8 Å². The molecule has 0 aliphatic rings. The lowest BCUT2D eigenvalue weighted by Gasteiger charge is -2.17. The van der Waals surface area contributed by atoms with E-state index in [-0.39, 0.29) is 19.1 Å². The van der Waals surface area contributed by atoms with Crippen LogP contribution >= 0.6 is 0 Å². The Balaban J connectivity index is 1.66. The van der Waals surface area contributed by atoms with Gasteiger partial charge in [-0.15, -0.1) is 0 Å². The summed E-state index contributed by atoms with van der Waals surface area (Å²) in [5.41, 5.74) is -0.134. The van der Waals surface area contributed by atoms with Gasteiger partial charge in [0.25, 0.3) is 5.56 Å². The van der Waals surface area contributed by atoms with Gasteiger partial charge in [0.05, 0.1) is 12.9 Å². The summed E-state index contributed by atoms with van der Waals surface area (Å²) < 4.78 is 10.3. The standard InChI is InChI=1S/C26H32N4O4/c1-17(2)12-28-16-27-24-23(28)25(32)30(26(33)29(24)13-18(3)4)14-20(31)15-34-22-11-7-9-19-8-5-6-10-21(19)22/h5-11,16-18,20,31H,12-15H2,1-4H3. The number of aliphatic hydroxyl groups excluding tert-OH is 1. The fourth-order valence-electron chi connectivity index (χ4n) is 4.23. The summed E-state index contributed by atoms with van der Waals surface area (Å²) in [5, 5.41) is 12.7. The number of nitrogens with zero attached hydrogens (tertiary/aromatic N) is 4. The van der Waals surface area contributed by atoms with Crippen LogP contribution in [0, 0.1) is 11.8 Å². The Bertz CT molecular complexity index is 1410. The molecule has 0 bridgehead atoms. The zero-order valence-corrected chi connectivity index (χ0v) is 20.1. The highest BCUT2D eigenvalue weighted by Gasteiger charge is 2.21. The lowest BCUT2D eigenvalue weighted by atomic mass is 10.1. The van der Waals surface area contributed by atoms with E-state index in [0.717, 1.165) is 15.3 Å². The van der Waals surface area contributed by atoms with Crippen molar-refractivity contribution >= 4 is 21.9 Å². The molecule has 0 fully saturated rings. The van der Waals surface area contributed by atoms with E-state index in [0.29, 0.717) is 35.9 Å². The Hall–Kier alpha value is -3.39. The molecule has 8 nitrogen and oxygen atoms in total. The van der Waals surface area contributed by atoms with Crippen LogP contribution in [-0.4, -0.2) is 36.5 Å². The zero-order chi connectivity index (χ0) is 24.4. The summed E-state index contributed by atoms with van der Waals surface area (Å²) in [5.74, 6) is 1.13. The number of aromatic nitrogens is 4. The van der Waals surface area contributed by atoms with Crippen molar-refractivity contribution in [2.45, 2.75) is 53.4 Å². The van der Waals surface area contributed by atoms with Gasteiger partial charge in [-0.1, -0.05) is 64.1 Å². The zero-order valence-electron chi connectivity index (χ0n) is 20.1. The van der Waals surface area contributed by atoms with Crippen molar-refractivity contribution < 1.29 is 9.84 Å². The maximum atomic E-state index is 13.4. The number of imidazole rings is 1. The van der Waals surface area contributed by atoms with Crippen LogP contribution in [0.1, 0.15) is 27.7 Å². The van der Waals surface area contributed by atoms with Gasteiger partial charge in [0.1, 0.15) is 18.5 Å². The molecular formula is C26H32N4O4. The summed E-state index contributed by atoms with van der Waals surface area (Å²) in [6.45, 7) is 8.95. The smallest absolute Gasteiger partial charge is 0.332 e. The van der Waals surface area contributed by atoms with Crippen molar-refractivity contribution in [3.63, 3.8) is 0 Å². The molecule has 8 heteroatoms. The quantitative estimate of drug-likeness (QED) is 0.411. The van der Waals surface area contributed by atoms with Gasteiger partial charge in [-0.05, 0) is 23.3 Å². The summed E-state index contributed by atoms with van der Waals surface area (Å²) in [4.78, 5) is 31.0. The molecule has 0 saturated heterocycles. The van der Waals surface area contributed by atoms with Crippen LogP contribution in [0.4, 0.5) is 0 Å². The largest absolute Gasteiger partial charge is 0.490 e. The third kappa shape index (κ3) is 4.77. The van der Waals surface area contributed by atoms with Gasteiger partial charge in [-0.3, -0.25) is 13.9 Å². The van der Waals surface area contributed by atoms with Crippen LogP contribution in [0.2, 0.25) is 0 Å². The van der Waals surface area contributed by atoms with E-state index in [4.69, 9.17) is 4.74 Å². The van der Waals surface area contributed by atoms with E-state index in [1.807, 2.05) is 56.3 Å². The minimum Gasteiger partial charge on any atom is -0.490 e. The van der Waals surface area contributed by atoms with Gasteiger partial charge in [0.2, 0.25) is 0 Å². The van der Waals surface area contributed by atoms with E-state index in [2.05, 4.69) is 18.8 Å². The number of rotatable bonds is 9. The summed E-state index contributed by atoms with van der Waals surface area (Å²) >= 11 is 0. The Kier molecular flexibility index (Phi) is 6.88. The number of ether oxygens (including phenoxy) is 1. The van der Waals surface area contributed by atoms with E-state index in [9.17, 15) is 14.7 Å². The maximum absolute atomic E-state index is 13.4. The van der Waals surface area contributed by atoms with Gasteiger partial charge < -0.3 is 14.4 Å². The molecule has 1 N–H and O–H groups in total. The third-order valence-electron chi connectivity index (χ3n) is 5.67. The fraction of sp³-hybridized carbons (Fsp3) is 0.423. The summed E-state index contributed by atoms with van der Waals surface area (Å²) in [7, 11) is 0. The summed E-state index contributed by atoms with van der Waals surface area (Å²) in [6.07, 6.45) is 0.572. The molecule has 180 valence electrons. The highest BCUT2D eigenvalue weighted by molar-refractivity contribution is 5.88. The Labute approximate surface area is 198 Å². The first-order valence-electron chi connectivity index (χ1n) is 11.7. The second-order valence-electron chi connectivity index (χ2n) is 9.61. The van der Waals surface area contributed by atoms with E-state index in [1.165, 1.54) is 4.57 Å². The van der Waals surface area contributed by atoms with E-state index < -0.39 is 17.4 Å². The van der Waals surface area contributed by atoms with Crippen molar-refractivity contribution in [3.05, 3.63) is 69.6 Å². The van der Waals surface area contributed by atoms with Crippen molar-refractivity contribution in [2.75, 3.05) is 6.61 Å². The number of aliphatic hydroxyl groups is 1. The van der Waals surface area contributed by atoms with Gasteiger partial charge >= 0.3 is 5.69 Å². The molecule has 4 aromatic rings. The fourth-order valence-corrected chi connectivity index (χ4v) is 4.23. The molecule has 2 aromatic heterocycles. The molecule has 0 radical (unpaired) electrons. The topological polar surface area (TPSA) is 91.3 Å². The molecule has 0 aliphatic carbocycles. The Morgan fingerprint density at radius 2 is 1.62 bits per heavy atom. The van der Waals surface area contributed by atoms with E-state index in [1.54, 1.807) is 10.9 Å². The number of benzene rings is 2. The van der Waals surface area contributed by atoms with Gasteiger partial charge in [0, 0.05) is 18.5 Å². The minimum atomic E-state index is -1.05. The molecule has 2 aromatic carbocycles. The SMILES string of the molecule is CC(C)Cn1cnc2c1c(=O)n(CC(O)COc1cccc3ccccc13)c(=O)n2CC(C)C. The molecule has 1 atom stereocenters. The maximum Gasteiger partial charge on any atom is 0.332 e. The minimum absolute atomic E-state index is 0.0483.